The largest absolute Gasteiger partial charge is 0.353 e. The van der Waals surface area contributed by atoms with Crippen molar-refractivity contribution in [2.75, 3.05) is 13.1 Å². The summed E-state index contributed by atoms with van der Waals surface area (Å²) >= 11 is 0. The van der Waals surface area contributed by atoms with Gasteiger partial charge in [-0.25, -0.2) is 0 Å². The second kappa shape index (κ2) is 7.77. The van der Waals surface area contributed by atoms with Crippen LogP contribution in [0.2, 0.25) is 0 Å². The fourth-order valence-corrected chi connectivity index (χ4v) is 2.70. The van der Waals surface area contributed by atoms with Crippen molar-refractivity contribution in [3.8, 4) is 0 Å². The molecule has 1 aromatic heterocycles. The Morgan fingerprint density at radius 1 is 1.29 bits per heavy atom. The molecule has 0 saturated carbocycles. The summed E-state index contributed by atoms with van der Waals surface area (Å²) < 4.78 is 5.23. The number of likely N-dealkylation sites (tertiary alicyclic amines) is 1. The van der Waals surface area contributed by atoms with Crippen LogP contribution in [-0.2, 0) is 21.4 Å². The molecule has 0 atom stereocenters. The van der Waals surface area contributed by atoms with Gasteiger partial charge in [-0.3, -0.25) is 9.59 Å². The van der Waals surface area contributed by atoms with Crippen LogP contribution in [-0.4, -0.2) is 46.0 Å². The molecule has 0 aliphatic carbocycles. The zero-order valence-corrected chi connectivity index (χ0v) is 15.1. The number of nitrogens with zero attached hydrogens (tertiary/aromatic N) is 3. The van der Waals surface area contributed by atoms with Gasteiger partial charge in [0.15, 0.2) is 5.82 Å². The fraction of sp³-hybridized carbons (Fsp3) is 0.765. The van der Waals surface area contributed by atoms with Crippen molar-refractivity contribution >= 4 is 11.8 Å². The number of piperidine rings is 1. The highest BCUT2D eigenvalue weighted by molar-refractivity contribution is 5.76. The first-order chi connectivity index (χ1) is 11.3. The molecule has 1 aliphatic heterocycles. The van der Waals surface area contributed by atoms with E-state index in [1.54, 1.807) is 6.92 Å². The van der Waals surface area contributed by atoms with E-state index in [2.05, 4.69) is 15.5 Å². The maximum atomic E-state index is 12.0. The van der Waals surface area contributed by atoms with E-state index in [1.165, 1.54) is 0 Å². The molecular formula is C17H28N4O3. The van der Waals surface area contributed by atoms with E-state index in [1.807, 2.05) is 25.7 Å². The van der Waals surface area contributed by atoms with Gasteiger partial charge in [0.05, 0.1) is 0 Å². The Balaban J connectivity index is 1.67. The minimum Gasteiger partial charge on any atom is -0.353 e. The van der Waals surface area contributed by atoms with Crippen LogP contribution in [0.5, 0.6) is 0 Å². The molecule has 1 aliphatic rings. The van der Waals surface area contributed by atoms with Crippen molar-refractivity contribution in [1.29, 1.82) is 0 Å². The second-order valence-electron chi connectivity index (χ2n) is 7.46. The van der Waals surface area contributed by atoms with E-state index in [9.17, 15) is 9.59 Å². The van der Waals surface area contributed by atoms with Gasteiger partial charge in [0, 0.05) is 44.3 Å². The lowest BCUT2D eigenvalue weighted by molar-refractivity contribution is -0.130. The Kier molecular flexibility index (Phi) is 5.96. The first kappa shape index (κ1) is 18.4. The van der Waals surface area contributed by atoms with Crippen molar-refractivity contribution in [3.63, 3.8) is 0 Å². The molecule has 0 unspecified atom stereocenters. The van der Waals surface area contributed by atoms with Crippen molar-refractivity contribution in [2.24, 2.45) is 0 Å². The summed E-state index contributed by atoms with van der Waals surface area (Å²) in [6, 6.07) is 0.170. The molecule has 1 aromatic rings. The molecule has 1 saturated heterocycles. The third-order valence-corrected chi connectivity index (χ3v) is 4.24. The maximum Gasteiger partial charge on any atom is 0.226 e. The molecule has 0 aromatic carbocycles. The van der Waals surface area contributed by atoms with Crippen LogP contribution >= 0.6 is 0 Å². The second-order valence-corrected chi connectivity index (χ2v) is 7.46. The highest BCUT2D eigenvalue weighted by Crippen LogP contribution is 2.19. The van der Waals surface area contributed by atoms with Crippen LogP contribution in [0.25, 0.3) is 0 Å². The number of nitrogens with one attached hydrogen (secondary N) is 1. The number of carbonyl (C=O) groups is 2. The molecule has 0 radical (unpaired) electrons. The monoisotopic (exact) mass is 336 g/mol. The van der Waals surface area contributed by atoms with Gasteiger partial charge in [-0.1, -0.05) is 25.9 Å². The average Bonchev–Trinajstić information content (AvgIpc) is 2.97. The van der Waals surface area contributed by atoms with Crippen LogP contribution in [0.1, 0.15) is 65.1 Å². The maximum absolute atomic E-state index is 12.0. The first-order valence-electron chi connectivity index (χ1n) is 8.63. The molecule has 1 N–H and O–H groups in total. The normalized spacial score (nSPS) is 16.2. The Bertz CT molecular complexity index is 569. The zero-order chi connectivity index (χ0) is 17.7. The van der Waals surface area contributed by atoms with Crippen LogP contribution < -0.4 is 5.32 Å². The van der Waals surface area contributed by atoms with Gasteiger partial charge >= 0.3 is 0 Å². The number of amides is 2. The quantitative estimate of drug-likeness (QED) is 0.886. The molecule has 2 amide bonds. The van der Waals surface area contributed by atoms with Crippen molar-refractivity contribution in [3.05, 3.63) is 11.7 Å². The number of hydrogen-bond acceptors (Lipinski definition) is 5. The number of rotatable bonds is 5. The first-order valence-corrected chi connectivity index (χ1v) is 8.63. The lowest BCUT2D eigenvalue weighted by atomic mass is 9.96. The van der Waals surface area contributed by atoms with Gasteiger partial charge in [-0.15, -0.1) is 0 Å². The number of aryl methyl sites for hydroxylation is 1. The zero-order valence-electron chi connectivity index (χ0n) is 15.1. The number of hydrogen-bond donors (Lipinski definition) is 1. The highest BCUT2D eigenvalue weighted by Gasteiger charge is 2.22. The van der Waals surface area contributed by atoms with E-state index in [0.29, 0.717) is 31.0 Å². The Morgan fingerprint density at radius 3 is 2.50 bits per heavy atom. The van der Waals surface area contributed by atoms with Crippen LogP contribution in [0, 0.1) is 0 Å². The minimum absolute atomic E-state index is 0.0480. The van der Waals surface area contributed by atoms with Gasteiger partial charge in [0.25, 0.3) is 0 Å². The van der Waals surface area contributed by atoms with Gasteiger partial charge in [0.1, 0.15) is 0 Å². The van der Waals surface area contributed by atoms with Crippen LogP contribution in [0.3, 0.4) is 0 Å². The van der Waals surface area contributed by atoms with E-state index >= 15 is 0 Å². The Labute approximate surface area is 143 Å². The third kappa shape index (κ3) is 5.32. The molecule has 2 rings (SSSR count). The molecule has 1 fully saturated rings. The SMILES string of the molecule is CC(=O)N1CCC(NC(=O)CCCc2nc(C(C)(C)C)no2)CC1. The average molecular weight is 336 g/mol. The number of aromatic nitrogens is 2. The van der Waals surface area contributed by atoms with E-state index in [0.717, 1.165) is 25.9 Å². The van der Waals surface area contributed by atoms with E-state index < -0.39 is 0 Å². The Morgan fingerprint density at radius 2 is 1.96 bits per heavy atom. The summed E-state index contributed by atoms with van der Waals surface area (Å²) in [4.78, 5) is 29.5. The minimum atomic E-state index is -0.131. The lowest BCUT2D eigenvalue weighted by Gasteiger charge is -2.31. The fourth-order valence-electron chi connectivity index (χ4n) is 2.70. The summed E-state index contributed by atoms with van der Waals surface area (Å²) in [5.41, 5.74) is -0.131. The van der Waals surface area contributed by atoms with Crippen LogP contribution in [0.4, 0.5) is 0 Å². The standard InChI is InChI=1S/C17H28N4O3/c1-12(22)21-10-8-13(9-11-21)18-14(23)6-5-7-15-19-16(20-24-15)17(2,3)4/h13H,5-11H2,1-4H3,(H,18,23). The van der Waals surface area contributed by atoms with Gasteiger partial charge in [-0.2, -0.15) is 4.98 Å². The molecule has 0 bridgehead atoms. The van der Waals surface area contributed by atoms with Crippen molar-refractivity contribution in [2.45, 2.75) is 71.3 Å². The molecule has 24 heavy (non-hydrogen) atoms. The summed E-state index contributed by atoms with van der Waals surface area (Å²) in [6.07, 6.45) is 3.39. The summed E-state index contributed by atoms with van der Waals surface area (Å²) in [7, 11) is 0. The van der Waals surface area contributed by atoms with Gasteiger partial charge < -0.3 is 14.7 Å². The van der Waals surface area contributed by atoms with Crippen molar-refractivity contribution < 1.29 is 14.1 Å². The Hall–Kier alpha value is -1.92. The van der Waals surface area contributed by atoms with Gasteiger partial charge in [0.2, 0.25) is 17.7 Å². The predicted octanol–water partition coefficient (Wildman–Crippen LogP) is 1.82. The molecule has 7 heteroatoms. The smallest absolute Gasteiger partial charge is 0.226 e. The molecule has 2 heterocycles. The molecule has 0 spiro atoms. The highest BCUT2D eigenvalue weighted by atomic mass is 16.5. The van der Waals surface area contributed by atoms with Crippen LogP contribution in [0.15, 0.2) is 4.52 Å². The third-order valence-electron chi connectivity index (χ3n) is 4.24. The predicted molar refractivity (Wildman–Crippen MR) is 89.4 cm³/mol. The summed E-state index contributed by atoms with van der Waals surface area (Å²) in [5, 5.41) is 7.03. The lowest BCUT2D eigenvalue weighted by Crippen LogP contribution is -2.45. The topological polar surface area (TPSA) is 88.3 Å². The van der Waals surface area contributed by atoms with Gasteiger partial charge in [-0.05, 0) is 19.3 Å². The summed E-state index contributed by atoms with van der Waals surface area (Å²) in [6.45, 7) is 9.13. The molecular weight excluding hydrogens is 308 g/mol. The van der Waals surface area contributed by atoms with E-state index in [-0.39, 0.29) is 23.3 Å². The molecule has 7 nitrogen and oxygen atoms in total. The number of carbonyl (C=O) groups excluding carboxylic acids is 2. The van der Waals surface area contributed by atoms with E-state index in [4.69, 9.17) is 4.52 Å². The summed E-state index contributed by atoms with van der Waals surface area (Å²) in [5.74, 6) is 1.43. The van der Waals surface area contributed by atoms with Crippen molar-refractivity contribution in [1.82, 2.24) is 20.4 Å². The molecule has 134 valence electrons.